The molecule has 1 aromatic heterocycles. The summed E-state index contributed by atoms with van der Waals surface area (Å²) in [5, 5.41) is 11.7. The number of rotatable bonds is 4. The number of amides is 1. The number of aromatic nitrogens is 1. The van der Waals surface area contributed by atoms with Crippen LogP contribution in [0.4, 0.5) is 5.69 Å². The highest BCUT2D eigenvalue weighted by molar-refractivity contribution is 6.51. The molecule has 0 bridgehead atoms. The van der Waals surface area contributed by atoms with Gasteiger partial charge in [0.1, 0.15) is 11.5 Å². The Morgan fingerprint density at radius 1 is 1.06 bits per heavy atom. The number of aliphatic hydroxyl groups is 1. The number of hydrogen-bond donors (Lipinski definition) is 1. The first-order valence-corrected chi connectivity index (χ1v) is 11.6. The molecule has 1 N–H and O–H groups in total. The van der Waals surface area contributed by atoms with Crippen LogP contribution in [0.3, 0.4) is 0 Å². The zero-order chi connectivity index (χ0) is 25.5. The van der Waals surface area contributed by atoms with E-state index in [2.05, 4.69) is 25.8 Å². The Kier molecular flexibility index (Phi) is 6.43. The minimum Gasteiger partial charge on any atom is -0.507 e. The van der Waals surface area contributed by atoms with Crippen LogP contribution in [0.1, 0.15) is 49.1 Å². The van der Waals surface area contributed by atoms with E-state index < -0.39 is 17.7 Å². The Labute approximate surface area is 209 Å². The molecule has 180 valence electrons. The van der Waals surface area contributed by atoms with Crippen LogP contribution in [0.15, 0.2) is 66.5 Å². The molecule has 1 saturated heterocycles. The smallest absolute Gasteiger partial charge is 0.300 e. The molecule has 1 aliphatic heterocycles. The lowest BCUT2D eigenvalue weighted by atomic mass is 9.87. The number of carbonyl (C=O) groups is 2. The predicted molar refractivity (Wildman–Crippen MR) is 137 cm³/mol. The number of pyridine rings is 1. The van der Waals surface area contributed by atoms with Crippen LogP contribution in [-0.4, -0.2) is 28.9 Å². The van der Waals surface area contributed by atoms with E-state index >= 15 is 0 Å². The van der Waals surface area contributed by atoms with Gasteiger partial charge in [-0.2, -0.15) is 0 Å². The van der Waals surface area contributed by atoms with Gasteiger partial charge >= 0.3 is 0 Å². The number of aliphatic hydroxyl groups excluding tert-OH is 1. The molecule has 35 heavy (non-hydrogen) atoms. The maximum Gasteiger partial charge on any atom is 0.300 e. The molecule has 4 rings (SSSR count). The highest BCUT2D eigenvalue weighted by Crippen LogP contribution is 2.44. The molecule has 7 heteroatoms. The maximum absolute atomic E-state index is 13.4. The second-order valence-electron chi connectivity index (χ2n) is 9.57. The number of carbonyl (C=O) groups excluding carboxylic acids is 2. The number of nitrogens with zero attached hydrogens (tertiary/aromatic N) is 2. The van der Waals surface area contributed by atoms with E-state index in [9.17, 15) is 14.7 Å². The lowest BCUT2D eigenvalue weighted by molar-refractivity contribution is -0.132. The minimum absolute atomic E-state index is 0.0407. The fraction of sp³-hybridized carbons (Fsp3) is 0.250. The van der Waals surface area contributed by atoms with Crippen LogP contribution in [0.25, 0.3) is 5.76 Å². The van der Waals surface area contributed by atoms with Gasteiger partial charge in [0.05, 0.1) is 29.3 Å². The van der Waals surface area contributed by atoms with E-state index in [1.54, 1.807) is 36.7 Å². The van der Waals surface area contributed by atoms with Crippen molar-refractivity contribution in [3.05, 3.63) is 93.8 Å². The molecular formula is C28H27ClN2O4. The lowest BCUT2D eigenvalue weighted by Gasteiger charge is -2.26. The lowest BCUT2D eigenvalue weighted by Crippen LogP contribution is -2.29. The molecule has 0 spiro atoms. The van der Waals surface area contributed by atoms with Gasteiger partial charge in [0, 0.05) is 18.1 Å². The van der Waals surface area contributed by atoms with Gasteiger partial charge in [0.25, 0.3) is 11.7 Å². The zero-order valence-electron chi connectivity index (χ0n) is 20.3. The molecule has 0 saturated carbocycles. The topological polar surface area (TPSA) is 79.7 Å². The largest absolute Gasteiger partial charge is 0.507 e. The third-order valence-electron chi connectivity index (χ3n) is 6.12. The fourth-order valence-corrected chi connectivity index (χ4v) is 4.69. The summed E-state index contributed by atoms with van der Waals surface area (Å²) in [6, 6.07) is 13.5. The first-order valence-electron chi connectivity index (χ1n) is 11.2. The molecule has 1 fully saturated rings. The number of hydrogen-bond acceptors (Lipinski definition) is 5. The average Bonchev–Trinajstić information content (AvgIpc) is 3.08. The molecule has 1 unspecified atom stereocenters. The van der Waals surface area contributed by atoms with Crippen LogP contribution in [0.5, 0.6) is 5.75 Å². The number of halogens is 1. The summed E-state index contributed by atoms with van der Waals surface area (Å²) < 4.78 is 5.43. The number of Topliss-reactive ketones (excluding diaryl/α,β-unsaturated/α-hetero) is 1. The number of methoxy groups -OCH3 is 1. The summed E-state index contributed by atoms with van der Waals surface area (Å²) in [7, 11) is 1.43. The third-order valence-corrected chi connectivity index (χ3v) is 6.41. The summed E-state index contributed by atoms with van der Waals surface area (Å²) in [5.74, 6) is -1.64. The molecule has 1 amide bonds. The third kappa shape index (κ3) is 4.42. The highest BCUT2D eigenvalue weighted by Gasteiger charge is 2.47. The number of anilines is 1. The van der Waals surface area contributed by atoms with Crippen LogP contribution in [-0.2, 0) is 15.0 Å². The fourth-order valence-electron chi connectivity index (χ4n) is 4.34. The molecular weight excluding hydrogens is 464 g/mol. The molecule has 2 aromatic carbocycles. The number of aryl methyl sites for hydroxylation is 1. The Morgan fingerprint density at radius 2 is 1.69 bits per heavy atom. The standard InChI is InChI=1S/C28H27ClN2O4/c1-16-14-20(26(35-5)21(29)15-16)24(32)22-23(17-10-12-30-13-11-17)31(27(34)25(22)33)19-8-6-18(7-9-19)28(2,3)4/h6-15,23,32H,1-5H3/b24-22+. The van der Waals surface area contributed by atoms with Crippen LogP contribution < -0.4 is 9.64 Å². The normalized spacial score (nSPS) is 17.7. The molecule has 0 radical (unpaired) electrons. The summed E-state index contributed by atoms with van der Waals surface area (Å²) in [6.07, 6.45) is 3.17. The maximum atomic E-state index is 13.4. The van der Waals surface area contributed by atoms with Crippen molar-refractivity contribution in [1.29, 1.82) is 0 Å². The van der Waals surface area contributed by atoms with E-state index in [-0.39, 0.29) is 28.1 Å². The van der Waals surface area contributed by atoms with Gasteiger partial charge in [-0.15, -0.1) is 0 Å². The van der Waals surface area contributed by atoms with Crippen molar-refractivity contribution >= 4 is 34.7 Å². The second kappa shape index (κ2) is 9.19. The van der Waals surface area contributed by atoms with Crippen molar-refractivity contribution in [2.75, 3.05) is 12.0 Å². The van der Waals surface area contributed by atoms with Gasteiger partial charge in [0.2, 0.25) is 0 Å². The summed E-state index contributed by atoms with van der Waals surface area (Å²) in [6.45, 7) is 8.13. The van der Waals surface area contributed by atoms with E-state index in [0.29, 0.717) is 16.3 Å². The van der Waals surface area contributed by atoms with Gasteiger partial charge in [-0.3, -0.25) is 19.5 Å². The molecule has 1 aliphatic rings. The molecule has 0 aliphatic carbocycles. The number of benzene rings is 2. The van der Waals surface area contributed by atoms with Gasteiger partial charge < -0.3 is 9.84 Å². The first-order chi connectivity index (χ1) is 16.5. The van der Waals surface area contributed by atoms with Gasteiger partial charge in [-0.1, -0.05) is 44.5 Å². The Bertz CT molecular complexity index is 1330. The molecule has 1 atom stereocenters. The van der Waals surface area contributed by atoms with E-state index in [1.807, 2.05) is 31.2 Å². The predicted octanol–water partition coefficient (Wildman–Crippen LogP) is 5.98. The second-order valence-corrected chi connectivity index (χ2v) is 9.98. The summed E-state index contributed by atoms with van der Waals surface area (Å²) in [5.41, 5.74) is 3.19. The van der Waals surface area contributed by atoms with Crippen LogP contribution >= 0.6 is 11.6 Å². The van der Waals surface area contributed by atoms with Crippen molar-refractivity contribution in [2.24, 2.45) is 0 Å². The van der Waals surface area contributed by atoms with Gasteiger partial charge in [-0.05, 0) is 65.4 Å². The van der Waals surface area contributed by atoms with Crippen molar-refractivity contribution in [3.8, 4) is 5.75 Å². The van der Waals surface area contributed by atoms with Gasteiger partial charge in [-0.25, -0.2) is 0 Å². The highest BCUT2D eigenvalue weighted by atomic mass is 35.5. The number of ketones is 1. The molecule has 2 heterocycles. The number of ether oxygens (including phenoxy) is 1. The van der Waals surface area contributed by atoms with Crippen molar-refractivity contribution in [1.82, 2.24) is 4.98 Å². The Balaban J connectivity index is 1.95. The summed E-state index contributed by atoms with van der Waals surface area (Å²) in [4.78, 5) is 32.2. The van der Waals surface area contributed by atoms with E-state index in [0.717, 1.165) is 11.1 Å². The molecule has 6 nitrogen and oxygen atoms in total. The van der Waals surface area contributed by atoms with Crippen molar-refractivity contribution in [2.45, 2.75) is 39.2 Å². The average molecular weight is 491 g/mol. The van der Waals surface area contributed by atoms with Gasteiger partial charge in [0.15, 0.2) is 0 Å². The van der Waals surface area contributed by atoms with Crippen LogP contribution in [0, 0.1) is 6.92 Å². The Morgan fingerprint density at radius 3 is 2.26 bits per heavy atom. The zero-order valence-corrected chi connectivity index (χ0v) is 21.1. The summed E-state index contributed by atoms with van der Waals surface area (Å²) >= 11 is 6.35. The SMILES string of the molecule is COc1c(Cl)cc(C)cc1/C(O)=C1\C(=O)C(=O)N(c2ccc(C(C)(C)C)cc2)C1c1ccncc1. The van der Waals surface area contributed by atoms with Crippen molar-refractivity contribution in [3.63, 3.8) is 0 Å². The quantitative estimate of drug-likeness (QED) is 0.276. The van der Waals surface area contributed by atoms with E-state index in [4.69, 9.17) is 16.3 Å². The monoisotopic (exact) mass is 490 g/mol. The van der Waals surface area contributed by atoms with Crippen LogP contribution in [0.2, 0.25) is 5.02 Å². The molecule has 3 aromatic rings. The first kappa shape index (κ1) is 24.5. The minimum atomic E-state index is -0.859. The van der Waals surface area contributed by atoms with E-state index in [1.165, 1.54) is 12.0 Å². The Hall–Kier alpha value is -3.64. The van der Waals surface area contributed by atoms with Crippen molar-refractivity contribution < 1.29 is 19.4 Å².